The minimum atomic E-state index is -0.370. The van der Waals surface area contributed by atoms with E-state index in [1.165, 1.54) is 19.3 Å². The van der Waals surface area contributed by atoms with Crippen molar-refractivity contribution in [2.75, 3.05) is 7.05 Å². The van der Waals surface area contributed by atoms with E-state index in [4.69, 9.17) is 4.74 Å². The van der Waals surface area contributed by atoms with Gasteiger partial charge >= 0.3 is 5.97 Å². The van der Waals surface area contributed by atoms with Crippen LogP contribution in [0.2, 0.25) is 0 Å². The second-order valence-corrected chi connectivity index (χ2v) is 6.79. The Morgan fingerprint density at radius 3 is 2.35 bits per heavy atom. The van der Waals surface area contributed by atoms with Gasteiger partial charge in [0, 0.05) is 18.8 Å². The molecular formula is C18H28N2O3. The average Bonchev–Trinajstić information content (AvgIpc) is 2.80. The van der Waals surface area contributed by atoms with Crippen LogP contribution in [-0.4, -0.2) is 41.0 Å². The molecule has 23 heavy (non-hydrogen) atoms. The van der Waals surface area contributed by atoms with Gasteiger partial charge in [0.1, 0.15) is 5.69 Å². The van der Waals surface area contributed by atoms with Crippen molar-refractivity contribution < 1.29 is 14.3 Å². The summed E-state index contributed by atoms with van der Waals surface area (Å²) in [7, 11) is 1.86. The first-order valence-electron chi connectivity index (χ1n) is 8.50. The molecule has 1 aromatic heterocycles. The fraction of sp³-hybridized carbons (Fsp3) is 0.667. The van der Waals surface area contributed by atoms with E-state index in [1.807, 2.05) is 32.7 Å². The lowest BCUT2D eigenvalue weighted by Crippen LogP contribution is -2.38. The van der Waals surface area contributed by atoms with Crippen LogP contribution in [0.25, 0.3) is 0 Å². The molecule has 2 rings (SSSR count). The number of aromatic nitrogens is 1. The molecule has 0 spiro atoms. The minimum Gasteiger partial charge on any atom is -0.459 e. The molecule has 128 valence electrons. The zero-order valence-electron chi connectivity index (χ0n) is 14.9. The van der Waals surface area contributed by atoms with Crippen LogP contribution in [0.3, 0.4) is 0 Å². The molecule has 1 aliphatic carbocycles. The third kappa shape index (κ3) is 3.77. The fourth-order valence-corrected chi connectivity index (χ4v) is 3.35. The van der Waals surface area contributed by atoms with Crippen LogP contribution in [0.15, 0.2) is 0 Å². The van der Waals surface area contributed by atoms with Gasteiger partial charge in [0.25, 0.3) is 5.91 Å². The number of ether oxygens (including phenoxy) is 1. The van der Waals surface area contributed by atoms with Crippen molar-refractivity contribution >= 4 is 11.9 Å². The zero-order chi connectivity index (χ0) is 17.1. The highest BCUT2D eigenvalue weighted by Crippen LogP contribution is 2.25. The smallest absolute Gasteiger partial charge is 0.340 e. The van der Waals surface area contributed by atoms with E-state index in [0.29, 0.717) is 28.6 Å². The lowest BCUT2D eigenvalue weighted by molar-refractivity contribution is 0.0376. The summed E-state index contributed by atoms with van der Waals surface area (Å²) in [5, 5.41) is 0. The normalized spacial score (nSPS) is 15.7. The first-order chi connectivity index (χ1) is 10.8. The number of carbonyl (C=O) groups excluding carboxylic acids is 2. The van der Waals surface area contributed by atoms with Crippen LogP contribution in [0, 0.1) is 13.8 Å². The SMILES string of the molecule is Cc1[nH]c(C(=O)N(C)C2CCCCC2)c(C)c1C(=O)OC(C)C. The summed E-state index contributed by atoms with van der Waals surface area (Å²) in [5.41, 5.74) is 2.36. The van der Waals surface area contributed by atoms with Crippen LogP contribution in [-0.2, 0) is 4.74 Å². The molecule has 1 amide bonds. The highest BCUT2D eigenvalue weighted by atomic mass is 16.5. The quantitative estimate of drug-likeness (QED) is 0.862. The molecule has 5 heteroatoms. The van der Waals surface area contributed by atoms with Crippen molar-refractivity contribution in [1.29, 1.82) is 0 Å². The van der Waals surface area contributed by atoms with Crippen LogP contribution < -0.4 is 0 Å². The van der Waals surface area contributed by atoms with Gasteiger partial charge in [0.15, 0.2) is 0 Å². The van der Waals surface area contributed by atoms with Crippen molar-refractivity contribution in [3.8, 4) is 0 Å². The predicted octanol–water partition coefficient (Wildman–Crippen LogP) is 3.60. The van der Waals surface area contributed by atoms with Gasteiger partial charge in [-0.05, 0) is 46.1 Å². The van der Waals surface area contributed by atoms with Crippen LogP contribution in [0.5, 0.6) is 0 Å². The van der Waals surface area contributed by atoms with Crippen molar-refractivity contribution in [2.24, 2.45) is 0 Å². The summed E-state index contributed by atoms with van der Waals surface area (Å²) in [6.07, 6.45) is 5.55. The number of aryl methyl sites for hydroxylation is 1. The Morgan fingerprint density at radius 2 is 1.78 bits per heavy atom. The Hall–Kier alpha value is -1.78. The number of hydrogen-bond acceptors (Lipinski definition) is 3. The summed E-state index contributed by atoms with van der Waals surface area (Å²) in [6.45, 7) is 7.25. The van der Waals surface area contributed by atoms with E-state index >= 15 is 0 Å². The number of rotatable bonds is 4. The first-order valence-corrected chi connectivity index (χ1v) is 8.50. The lowest BCUT2D eigenvalue weighted by atomic mass is 9.94. The summed E-state index contributed by atoms with van der Waals surface area (Å²) in [6, 6.07) is 0.297. The molecule has 1 aromatic rings. The average molecular weight is 320 g/mol. The molecule has 1 aliphatic rings. The van der Waals surface area contributed by atoms with E-state index in [9.17, 15) is 9.59 Å². The first kappa shape index (κ1) is 17.6. The third-order valence-corrected chi connectivity index (χ3v) is 4.64. The van der Waals surface area contributed by atoms with Gasteiger partial charge in [-0.25, -0.2) is 4.79 Å². The Morgan fingerprint density at radius 1 is 1.17 bits per heavy atom. The van der Waals surface area contributed by atoms with Gasteiger partial charge in [0.2, 0.25) is 0 Å². The Kier molecular flexibility index (Phi) is 5.50. The fourth-order valence-electron chi connectivity index (χ4n) is 3.35. The van der Waals surface area contributed by atoms with Gasteiger partial charge in [0.05, 0.1) is 11.7 Å². The molecule has 0 radical (unpaired) electrons. The maximum Gasteiger partial charge on any atom is 0.340 e. The van der Waals surface area contributed by atoms with Crippen molar-refractivity contribution in [2.45, 2.75) is 71.9 Å². The highest BCUT2D eigenvalue weighted by Gasteiger charge is 2.28. The van der Waals surface area contributed by atoms with Gasteiger partial charge in [-0.15, -0.1) is 0 Å². The van der Waals surface area contributed by atoms with Crippen LogP contribution in [0.1, 0.15) is 78.1 Å². The second-order valence-electron chi connectivity index (χ2n) is 6.79. The number of carbonyl (C=O) groups is 2. The van der Waals surface area contributed by atoms with Crippen LogP contribution in [0.4, 0.5) is 0 Å². The topological polar surface area (TPSA) is 62.4 Å². The van der Waals surface area contributed by atoms with Gasteiger partial charge in [-0.2, -0.15) is 0 Å². The van der Waals surface area contributed by atoms with E-state index in [0.717, 1.165) is 12.8 Å². The lowest BCUT2D eigenvalue weighted by Gasteiger charge is -2.31. The number of hydrogen-bond donors (Lipinski definition) is 1. The third-order valence-electron chi connectivity index (χ3n) is 4.64. The summed E-state index contributed by atoms with van der Waals surface area (Å²) in [5.74, 6) is -0.410. The standard InChI is InChI=1S/C18H28N2O3/c1-11(2)23-18(22)15-12(3)16(19-13(15)4)17(21)20(5)14-9-7-6-8-10-14/h11,14,19H,6-10H2,1-5H3. The molecule has 0 saturated heterocycles. The molecule has 1 saturated carbocycles. The highest BCUT2D eigenvalue weighted by molar-refractivity contribution is 6.00. The number of H-pyrrole nitrogens is 1. The largest absolute Gasteiger partial charge is 0.459 e. The molecule has 1 heterocycles. The van der Waals surface area contributed by atoms with Gasteiger partial charge in [-0.1, -0.05) is 19.3 Å². The summed E-state index contributed by atoms with van der Waals surface area (Å²) < 4.78 is 5.28. The van der Waals surface area contributed by atoms with Crippen LogP contribution >= 0.6 is 0 Å². The van der Waals surface area contributed by atoms with E-state index in [2.05, 4.69) is 4.98 Å². The molecule has 0 unspecified atom stereocenters. The number of esters is 1. The number of amides is 1. The molecule has 1 N–H and O–H groups in total. The maximum atomic E-state index is 12.8. The predicted molar refractivity (Wildman–Crippen MR) is 89.8 cm³/mol. The Bertz CT molecular complexity index is 583. The Balaban J connectivity index is 2.22. The molecular weight excluding hydrogens is 292 g/mol. The number of aromatic amines is 1. The van der Waals surface area contributed by atoms with Crippen molar-refractivity contribution in [3.63, 3.8) is 0 Å². The minimum absolute atomic E-state index is 0.0407. The van der Waals surface area contributed by atoms with E-state index in [1.54, 1.807) is 6.92 Å². The monoisotopic (exact) mass is 320 g/mol. The summed E-state index contributed by atoms with van der Waals surface area (Å²) >= 11 is 0. The van der Waals surface area contributed by atoms with Crippen molar-refractivity contribution in [3.05, 3.63) is 22.5 Å². The molecule has 0 aromatic carbocycles. The summed E-state index contributed by atoms with van der Waals surface area (Å²) in [4.78, 5) is 30.0. The van der Waals surface area contributed by atoms with E-state index < -0.39 is 0 Å². The molecule has 1 fully saturated rings. The molecule has 0 bridgehead atoms. The Labute approximate surface area is 138 Å². The molecule has 0 aliphatic heterocycles. The maximum absolute atomic E-state index is 12.8. The molecule has 0 atom stereocenters. The van der Waals surface area contributed by atoms with E-state index in [-0.39, 0.29) is 18.0 Å². The number of nitrogens with one attached hydrogen (secondary N) is 1. The molecule has 5 nitrogen and oxygen atoms in total. The zero-order valence-corrected chi connectivity index (χ0v) is 14.9. The van der Waals surface area contributed by atoms with Gasteiger partial charge in [-0.3, -0.25) is 4.79 Å². The number of nitrogens with zero attached hydrogens (tertiary/aromatic N) is 1. The van der Waals surface area contributed by atoms with Gasteiger partial charge < -0.3 is 14.6 Å². The second kappa shape index (κ2) is 7.20. The van der Waals surface area contributed by atoms with Crippen molar-refractivity contribution in [1.82, 2.24) is 9.88 Å².